The minimum absolute atomic E-state index is 0.414. The average Bonchev–Trinajstić information content (AvgIpc) is 3.19. The molecule has 0 saturated carbocycles. The molecule has 0 aliphatic heterocycles. The lowest BCUT2D eigenvalue weighted by Crippen LogP contribution is -2.23. The van der Waals surface area contributed by atoms with E-state index in [2.05, 4.69) is 0 Å². The lowest BCUT2D eigenvalue weighted by atomic mass is 10.1. The zero-order chi connectivity index (χ0) is 22.9. The fourth-order valence-corrected chi connectivity index (χ4v) is 4.39. The van der Waals surface area contributed by atoms with Crippen molar-refractivity contribution >= 4 is 57.0 Å². The van der Waals surface area contributed by atoms with E-state index < -0.39 is 79.4 Å². The van der Waals surface area contributed by atoms with Gasteiger partial charge in [-0.25, -0.2) is 0 Å². The number of hydrogen-bond acceptors (Lipinski definition) is 10. The van der Waals surface area contributed by atoms with Gasteiger partial charge in [-0.1, -0.05) is 0 Å². The smallest absolute Gasteiger partial charge is 0.285 e. The van der Waals surface area contributed by atoms with E-state index in [1.165, 1.54) is 0 Å². The second-order valence-corrected chi connectivity index (χ2v) is 7.36. The summed E-state index contributed by atoms with van der Waals surface area (Å²) in [6.07, 6.45) is 0. The summed E-state index contributed by atoms with van der Waals surface area (Å²) in [7, 11) is 1.01. The molecular formula is C14H12N6O8S2. The van der Waals surface area contributed by atoms with Gasteiger partial charge in [-0.2, -0.15) is 0 Å². The Morgan fingerprint density at radius 1 is 0.467 bits per heavy atom. The summed E-state index contributed by atoms with van der Waals surface area (Å²) in [6, 6.07) is 0. The predicted molar refractivity (Wildman–Crippen MR) is 100 cm³/mol. The molecule has 2 aromatic heterocycles. The van der Waals surface area contributed by atoms with Crippen molar-refractivity contribution in [2.75, 3.05) is 0 Å². The molecule has 0 bridgehead atoms. The Labute approximate surface area is 173 Å². The number of nitrogens with two attached hydrogens (primary N) is 6. The highest BCUT2D eigenvalue weighted by atomic mass is 33.1. The first-order valence-corrected chi connectivity index (χ1v) is 9.50. The van der Waals surface area contributed by atoms with E-state index in [1.807, 2.05) is 0 Å². The standard InChI is InChI=1S/C14H12N6O8S2/c15-7(21)1-3(9(17)23)13(27-5(1)11(19)25)29-30-14-4(10(18)24)2(8(16)22)6(28-14)12(20)26/h(H2,15,21)(H2,16,22)(H2,17,23)(H2,18,24)(H2,19,25)(H2,20,26). The van der Waals surface area contributed by atoms with Crippen LogP contribution in [0.3, 0.4) is 0 Å². The van der Waals surface area contributed by atoms with Crippen LogP contribution >= 0.6 is 21.6 Å². The van der Waals surface area contributed by atoms with Crippen LogP contribution in [0.4, 0.5) is 0 Å². The minimum atomic E-state index is -1.22. The van der Waals surface area contributed by atoms with Crippen molar-refractivity contribution in [2.45, 2.75) is 10.2 Å². The first-order chi connectivity index (χ1) is 13.9. The van der Waals surface area contributed by atoms with E-state index in [-0.39, 0.29) is 0 Å². The highest BCUT2D eigenvalue weighted by Gasteiger charge is 2.34. The van der Waals surface area contributed by atoms with Gasteiger partial charge in [0.2, 0.25) is 11.5 Å². The first-order valence-electron chi connectivity index (χ1n) is 7.35. The third kappa shape index (κ3) is 3.94. The number of carbonyl (C=O) groups is 6. The Bertz CT molecular complexity index is 1050. The van der Waals surface area contributed by atoms with Crippen LogP contribution in [0.2, 0.25) is 0 Å². The number of rotatable bonds is 9. The number of amides is 6. The maximum absolute atomic E-state index is 11.8. The van der Waals surface area contributed by atoms with E-state index in [1.54, 1.807) is 0 Å². The lowest BCUT2D eigenvalue weighted by molar-refractivity contribution is 0.0942. The third-order valence-corrected chi connectivity index (χ3v) is 5.50. The Hall–Kier alpha value is -3.92. The molecule has 0 unspecified atom stereocenters. The van der Waals surface area contributed by atoms with Crippen LogP contribution in [-0.2, 0) is 0 Å². The summed E-state index contributed by atoms with van der Waals surface area (Å²) in [4.78, 5) is 69.8. The Balaban J connectivity index is 2.60. The zero-order valence-corrected chi connectivity index (χ0v) is 16.2. The van der Waals surface area contributed by atoms with E-state index in [4.69, 9.17) is 43.2 Å². The average molecular weight is 456 g/mol. The topological polar surface area (TPSA) is 285 Å². The fraction of sp³-hybridized carbons (Fsp3) is 0. The van der Waals surface area contributed by atoms with Crippen molar-refractivity contribution in [2.24, 2.45) is 34.4 Å². The van der Waals surface area contributed by atoms with Gasteiger partial charge >= 0.3 is 0 Å². The van der Waals surface area contributed by atoms with Crippen LogP contribution < -0.4 is 34.4 Å². The predicted octanol–water partition coefficient (Wildman–Crippen LogP) is -1.73. The maximum Gasteiger partial charge on any atom is 0.285 e. The molecule has 0 saturated heterocycles. The molecule has 12 N–H and O–H groups in total. The molecule has 2 aromatic rings. The summed E-state index contributed by atoms with van der Waals surface area (Å²) >= 11 is 0. The van der Waals surface area contributed by atoms with Gasteiger partial charge in [0.25, 0.3) is 35.4 Å². The maximum atomic E-state index is 11.8. The highest BCUT2D eigenvalue weighted by Crippen LogP contribution is 2.44. The van der Waals surface area contributed by atoms with Crippen LogP contribution in [0.5, 0.6) is 0 Å². The third-order valence-electron chi connectivity index (χ3n) is 3.38. The van der Waals surface area contributed by atoms with Crippen LogP contribution in [0, 0.1) is 0 Å². The molecule has 158 valence electrons. The van der Waals surface area contributed by atoms with Crippen molar-refractivity contribution in [3.05, 3.63) is 33.8 Å². The molecule has 0 fully saturated rings. The van der Waals surface area contributed by atoms with Crippen LogP contribution in [0.1, 0.15) is 62.5 Å². The molecule has 2 rings (SSSR count). The Morgan fingerprint density at radius 3 is 0.933 bits per heavy atom. The quantitative estimate of drug-likeness (QED) is 0.231. The second kappa shape index (κ2) is 8.21. The molecule has 0 spiro atoms. The van der Waals surface area contributed by atoms with Gasteiger partial charge in [0, 0.05) is 0 Å². The summed E-state index contributed by atoms with van der Waals surface area (Å²) < 4.78 is 10.2. The van der Waals surface area contributed by atoms with Crippen molar-refractivity contribution in [1.29, 1.82) is 0 Å². The van der Waals surface area contributed by atoms with Crippen molar-refractivity contribution in [3.63, 3.8) is 0 Å². The summed E-state index contributed by atoms with van der Waals surface area (Å²) in [5.74, 6) is -8.71. The lowest BCUT2D eigenvalue weighted by Gasteiger charge is -2.00. The van der Waals surface area contributed by atoms with Crippen molar-refractivity contribution in [1.82, 2.24) is 0 Å². The van der Waals surface area contributed by atoms with E-state index in [0.717, 1.165) is 0 Å². The van der Waals surface area contributed by atoms with E-state index in [0.29, 0.717) is 21.6 Å². The monoisotopic (exact) mass is 456 g/mol. The molecule has 0 atom stereocenters. The zero-order valence-electron chi connectivity index (χ0n) is 14.5. The molecule has 0 aliphatic carbocycles. The van der Waals surface area contributed by atoms with Crippen LogP contribution in [-0.4, -0.2) is 35.4 Å². The fourth-order valence-electron chi connectivity index (χ4n) is 2.28. The number of carbonyl (C=O) groups excluding carboxylic acids is 6. The molecule has 0 aromatic carbocycles. The van der Waals surface area contributed by atoms with Gasteiger partial charge in [0.1, 0.15) is 22.3 Å². The Kier molecular flexibility index (Phi) is 6.12. The molecular weight excluding hydrogens is 444 g/mol. The second-order valence-electron chi connectivity index (χ2n) is 5.29. The van der Waals surface area contributed by atoms with Gasteiger partial charge in [-0.05, 0) is 21.6 Å². The molecule has 14 nitrogen and oxygen atoms in total. The molecule has 0 aliphatic rings. The van der Waals surface area contributed by atoms with E-state index in [9.17, 15) is 28.8 Å². The normalized spacial score (nSPS) is 10.5. The van der Waals surface area contributed by atoms with Gasteiger partial charge in [0.15, 0.2) is 10.2 Å². The summed E-state index contributed by atoms with van der Waals surface area (Å²) in [6.45, 7) is 0. The molecule has 16 heteroatoms. The van der Waals surface area contributed by atoms with Crippen LogP contribution in [0.25, 0.3) is 0 Å². The van der Waals surface area contributed by atoms with Gasteiger partial charge in [-0.3, -0.25) is 28.8 Å². The minimum Gasteiger partial charge on any atom is -0.442 e. The molecule has 30 heavy (non-hydrogen) atoms. The van der Waals surface area contributed by atoms with E-state index >= 15 is 0 Å². The SMILES string of the molecule is NC(=O)c1oc(SSc2oc(C(N)=O)c(C(N)=O)c2C(N)=O)c(C(N)=O)c1C(N)=O. The van der Waals surface area contributed by atoms with Crippen LogP contribution in [0.15, 0.2) is 19.0 Å². The molecule has 0 radical (unpaired) electrons. The largest absolute Gasteiger partial charge is 0.442 e. The van der Waals surface area contributed by atoms with Gasteiger partial charge in [-0.15, -0.1) is 0 Å². The van der Waals surface area contributed by atoms with Crippen molar-refractivity contribution in [3.8, 4) is 0 Å². The van der Waals surface area contributed by atoms with Gasteiger partial charge < -0.3 is 43.2 Å². The van der Waals surface area contributed by atoms with Gasteiger partial charge in [0.05, 0.1) is 0 Å². The number of primary amides is 6. The number of furan rings is 2. The number of hydrogen-bond donors (Lipinski definition) is 6. The Morgan fingerprint density at radius 2 is 0.733 bits per heavy atom. The first kappa shape index (κ1) is 22.4. The summed E-state index contributed by atoms with van der Waals surface area (Å²) in [5, 5.41) is -0.827. The molecule has 6 amide bonds. The highest BCUT2D eigenvalue weighted by molar-refractivity contribution is 8.76. The summed E-state index contributed by atoms with van der Waals surface area (Å²) in [5.41, 5.74) is 28.5. The van der Waals surface area contributed by atoms with Crippen molar-refractivity contribution < 1.29 is 37.6 Å². The molecule has 2 heterocycles.